The topological polar surface area (TPSA) is 57.7 Å². The van der Waals surface area contributed by atoms with E-state index in [0.29, 0.717) is 6.04 Å². The first kappa shape index (κ1) is 20.7. The quantitative estimate of drug-likeness (QED) is 0.359. The zero-order chi connectivity index (χ0) is 18.7. The third-order valence-electron chi connectivity index (χ3n) is 4.98. The van der Waals surface area contributed by atoms with Crippen molar-refractivity contribution >= 4 is 5.96 Å². The summed E-state index contributed by atoms with van der Waals surface area (Å²) >= 11 is 0. The summed E-state index contributed by atoms with van der Waals surface area (Å²) in [6, 6.07) is 10.9. The van der Waals surface area contributed by atoms with Gasteiger partial charge in [0.1, 0.15) is 0 Å². The molecule has 0 bridgehead atoms. The van der Waals surface area contributed by atoms with Crippen LogP contribution in [-0.4, -0.2) is 44.3 Å². The zero-order valence-electron chi connectivity index (χ0n) is 16.7. The average Bonchev–Trinajstić information content (AvgIpc) is 2.68. The van der Waals surface area contributed by atoms with E-state index in [4.69, 9.17) is 9.73 Å². The van der Waals surface area contributed by atoms with Gasteiger partial charge in [0, 0.05) is 37.9 Å². The van der Waals surface area contributed by atoms with Gasteiger partial charge in [-0.1, -0.05) is 43.7 Å². The summed E-state index contributed by atoms with van der Waals surface area (Å²) in [5.74, 6) is 0.918. The van der Waals surface area contributed by atoms with E-state index >= 15 is 0 Å². The largest absolute Gasteiger partial charge is 0.381 e. The molecule has 0 amide bonds. The third kappa shape index (κ3) is 6.61. The van der Waals surface area contributed by atoms with Gasteiger partial charge in [0.15, 0.2) is 5.96 Å². The summed E-state index contributed by atoms with van der Waals surface area (Å²) in [4.78, 5) is 4.90. The Balaban J connectivity index is 2.05. The maximum atomic E-state index is 5.63. The maximum absolute atomic E-state index is 5.63. The Morgan fingerprint density at radius 1 is 1.15 bits per heavy atom. The van der Waals surface area contributed by atoms with Crippen LogP contribution in [0.25, 0.3) is 0 Å². The van der Waals surface area contributed by atoms with Crippen molar-refractivity contribution in [1.82, 2.24) is 16.0 Å². The minimum absolute atomic E-state index is 0.0133. The molecule has 0 aliphatic carbocycles. The Hall–Kier alpha value is -1.59. The Kier molecular flexibility index (Phi) is 8.92. The number of ether oxygens (including phenoxy) is 1. The Bertz CT molecular complexity index is 526. The molecule has 3 N–H and O–H groups in total. The fraction of sp³-hybridized carbons (Fsp3) is 0.667. The second-order valence-electron chi connectivity index (χ2n) is 7.14. The van der Waals surface area contributed by atoms with Crippen LogP contribution in [0.15, 0.2) is 35.3 Å². The summed E-state index contributed by atoms with van der Waals surface area (Å²) in [5, 5.41) is 10.7. The number of aliphatic imine (C=N–C) groups is 1. The molecule has 1 aliphatic heterocycles. The molecule has 0 spiro atoms. The lowest BCUT2D eigenvalue weighted by Gasteiger charge is -2.39. The molecule has 26 heavy (non-hydrogen) atoms. The molecule has 1 aromatic carbocycles. The molecule has 0 radical (unpaired) electrons. The fourth-order valence-corrected chi connectivity index (χ4v) is 3.35. The van der Waals surface area contributed by atoms with Crippen molar-refractivity contribution in [2.45, 2.75) is 58.0 Å². The van der Waals surface area contributed by atoms with Gasteiger partial charge in [-0.3, -0.25) is 4.99 Å². The van der Waals surface area contributed by atoms with Crippen LogP contribution < -0.4 is 16.0 Å². The number of hydrogen-bond donors (Lipinski definition) is 3. The molecule has 1 unspecified atom stereocenters. The minimum atomic E-state index is -0.0133. The molecule has 0 saturated carbocycles. The van der Waals surface area contributed by atoms with Gasteiger partial charge in [-0.25, -0.2) is 0 Å². The van der Waals surface area contributed by atoms with E-state index in [9.17, 15) is 0 Å². The molecule has 1 aromatic rings. The monoisotopic (exact) mass is 360 g/mol. The van der Waals surface area contributed by atoms with Gasteiger partial charge in [0.05, 0.1) is 6.54 Å². The normalized spacial score (nSPS) is 18.3. The van der Waals surface area contributed by atoms with E-state index in [0.717, 1.165) is 58.1 Å². The van der Waals surface area contributed by atoms with Crippen molar-refractivity contribution in [3.63, 3.8) is 0 Å². The van der Waals surface area contributed by atoms with Crippen molar-refractivity contribution in [1.29, 1.82) is 0 Å². The van der Waals surface area contributed by atoms with Gasteiger partial charge < -0.3 is 20.7 Å². The molecule has 1 saturated heterocycles. The SMILES string of the molecule is CCCCNC(=NCC1(NC(C)c2ccccc2)CCOCC1)NCC. The van der Waals surface area contributed by atoms with Crippen LogP contribution in [0.4, 0.5) is 0 Å². The van der Waals surface area contributed by atoms with Gasteiger partial charge in [-0.2, -0.15) is 0 Å². The van der Waals surface area contributed by atoms with E-state index in [-0.39, 0.29) is 5.54 Å². The van der Waals surface area contributed by atoms with Crippen LogP contribution in [0.3, 0.4) is 0 Å². The highest BCUT2D eigenvalue weighted by molar-refractivity contribution is 5.79. The zero-order valence-corrected chi connectivity index (χ0v) is 16.7. The highest BCUT2D eigenvalue weighted by Crippen LogP contribution is 2.25. The van der Waals surface area contributed by atoms with Crippen molar-refractivity contribution in [2.24, 2.45) is 4.99 Å². The van der Waals surface area contributed by atoms with Gasteiger partial charge in [0.25, 0.3) is 0 Å². The standard InChI is InChI=1S/C21H36N4O/c1-4-6-14-23-20(22-5-2)24-17-21(12-15-26-16-13-21)25-18(3)19-10-8-7-9-11-19/h7-11,18,25H,4-6,12-17H2,1-3H3,(H2,22,23,24). The lowest BCUT2D eigenvalue weighted by atomic mass is 9.88. The number of unbranched alkanes of at least 4 members (excludes halogenated alkanes) is 1. The smallest absolute Gasteiger partial charge is 0.191 e. The predicted octanol–water partition coefficient (Wildman–Crippen LogP) is 3.24. The Morgan fingerprint density at radius 3 is 2.54 bits per heavy atom. The van der Waals surface area contributed by atoms with Crippen LogP contribution in [0, 0.1) is 0 Å². The molecule has 1 atom stereocenters. The first-order chi connectivity index (χ1) is 12.7. The number of nitrogens with one attached hydrogen (secondary N) is 3. The van der Waals surface area contributed by atoms with Crippen molar-refractivity contribution in [2.75, 3.05) is 32.8 Å². The van der Waals surface area contributed by atoms with Crippen LogP contribution in [0.1, 0.15) is 58.1 Å². The summed E-state index contributed by atoms with van der Waals surface area (Å²) in [5.41, 5.74) is 1.30. The van der Waals surface area contributed by atoms with Crippen LogP contribution in [0.2, 0.25) is 0 Å². The number of hydrogen-bond acceptors (Lipinski definition) is 3. The van der Waals surface area contributed by atoms with E-state index in [2.05, 4.69) is 67.1 Å². The molecule has 1 aliphatic rings. The summed E-state index contributed by atoms with van der Waals surface area (Å²) in [6.45, 7) is 10.7. The number of nitrogens with zero attached hydrogens (tertiary/aromatic N) is 1. The molecule has 5 heteroatoms. The first-order valence-electron chi connectivity index (χ1n) is 10.1. The van der Waals surface area contributed by atoms with Gasteiger partial charge >= 0.3 is 0 Å². The van der Waals surface area contributed by atoms with Crippen molar-refractivity contribution < 1.29 is 4.74 Å². The van der Waals surface area contributed by atoms with E-state index < -0.39 is 0 Å². The lowest BCUT2D eigenvalue weighted by Crippen LogP contribution is -2.53. The van der Waals surface area contributed by atoms with Gasteiger partial charge in [-0.15, -0.1) is 0 Å². The molecule has 146 valence electrons. The maximum Gasteiger partial charge on any atom is 0.191 e. The molecular weight excluding hydrogens is 324 g/mol. The molecule has 5 nitrogen and oxygen atoms in total. The second kappa shape index (κ2) is 11.2. The van der Waals surface area contributed by atoms with E-state index in [1.165, 1.54) is 12.0 Å². The Labute approximate surface area is 159 Å². The molecule has 0 aromatic heterocycles. The number of rotatable bonds is 9. The van der Waals surface area contributed by atoms with Crippen molar-refractivity contribution in [3.05, 3.63) is 35.9 Å². The summed E-state index contributed by atoms with van der Waals surface area (Å²) < 4.78 is 5.63. The van der Waals surface area contributed by atoms with Crippen LogP contribution in [-0.2, 0) is 4.74 Å². The third-order valence-corrected chi connectivity index (χ3v) is 4.98. The summed E-state index contributed by atoms with van der Waals surface area (Å²) in [7, 11) is 0. The Morgan fingerprint density at radius 2 is 1.88 bits per heavy atom. The lowest BCUT2D eigenvalue weighted by molar-refractivity contribution is 0.0374. The second-order valence-corrected chi connectivity index (χ2v) is 7.14. The number of guanidine groups is 1. The summed E-state index contributed by atoms with van der Waals surface area (Å²) in [6.07, 6.45) is 4.32. The molecule has 1 fully saturated rings. The van der Waals surface area contributed by atoms with E-state index in [1.807, 2.05) is 0 Å². The fourth-order valence-electron chi connectivity index (χ4n) is 3.35. The predicted molar refractivity (Wildman–Crippen MR) is 110 cm³/mol. The number of benzene rings is 1. The molecule has 2 rings (SSSR count). The highest BCUT2D eigenvalue weighted by atomic mass is 16.5. The van der Waals surface area contributed by atoms with Crippen LogP contribution >= 0.6 is 0 Å². The van der Waals surface area contributed by atoms with Crippen LogP contribution in [0.5, 0.6) is 0 Å². The molecule has 1 heterocycles. The minimum Gasteiger partial charge on any atom is -0.381 e. The van der Waals surface area contributed by atoms with Gasteiger partial charge in [-0.05, 0) is 38.7 Å². The first-order valence-corrected chi connectivity index (χ1v) is 10.1. The average molecular weight is 361 g/mol. The van der Waals surface area contributed by atoms with Gasteiger partial charge in [0.2, 0.25) is 0 Å². The molecular formula is C21H36N4O. The van der Waals surface area contributed by atoms with E-state index in [1.54, 1.807) is 0 Å². The highest BCUT2D eigenvalue weighted by Gasteiger charge is 2.33. The van der Waals surface area contributed by atoms with Crippen molar-refractivity contribution in [3.8, 4) is 0 Å².